The van der Waals surface area contributed by atoms with Crippen LogP contribution in [0.25, 0.3) is 0 Å². The quantitative estimate of drug-likeness (QED) is 0.813. The summed E-state index contributed by atoms with van der Waals surface area (Å²) in [6.45, 7) is 5.06. The fourth-order valence-corrected chi connectivity index (χ4v) is 1.87. The highest BCUT2D eigenvalue weighted by Gasteiger charge is 2.26. The predicted molar refractivity (Wildman–Crippen MR) is 85.7 cm³/mol. The second kappa shape index (κ2) is 8.53. The van der Waals surface area contributed by atoms with Gasteiger partial charge in [-0.1, -0.05) is 30.3 Å². The molecule has 1 amide bonds. The van der Waals surface area contributed by atoms with Crippen molar-refractivity contribution in [2.24, 2.45) is 0 Å². The van der Waals surface area contributed by atoms with Crippen molar-refractivity contribution in [1.29, 1.82) is 0 Å². The van der Waals surface area contributed by atoms with Crippen molar-refractivity contribution in [3.63, 3.8) is 0 Å². The van der Waals surface area contributed by atoms with Gasteiger partial charge >= 0.3 is 12.1 Å². The summed E-state index contributed by atoms with van der Waals surface area (Å²) in [6, 6.07) is 8.58. The number of amides is 1. The molecule has 1 rings (SSSR count). The lowest BCUT2D eigenvalue weighted by molar-refractivity contribution is -0.156. The molecular weight excluding hydrogens is 298 g/mol. The van der Waals surface area contributed by atoms with Crippen LogP contribution in [0.4, 0.5) is 4.79 Å². The molecule has 0 saturated carbocycles. The maximum absolute atomic E-state index is 12.0. The Bertz CT molecular complexity index is 509. The van der Waals surface area contributed by atoms with Gasteiger partial charge in [0.2, 0.25) is 0 Å². The van der Waals surface area contributed by atoms with Crippen LogP contribution in [0.3, 0.4) is 0 Å². The van der Waals surface area contributed by atoms with Crippen molar-refractivity contribution in [2.75, 3.05) is 13.7 Å². The number of nitrogens with zero attached hydrogens (tertiary/aromatic N) is 1. The molecule has 6 nitrogen and oxygen atoms in total. The van der Waals surface area contributed by atoms with Crippen molar-refractivity contribution in [3.8, 4) is 0 Å². The molecule has 0 fully saturated rings. The van der Waals surface area contributed by atoms with Gasteiger partial charge in [-0.25, -0.2) is 4.79 Å². The Morgan fingerprint density at radius 3 is 2.35 bits per heavy atom. The van der Waals surface area contributed by atoms with E-state index in [0.29, 0.717) is 0 Å². The number of benzene rings is 1. The van der Waals surface area contributed by atoms with Gasteiger partial charge < -0.3 is 19.5 Å². The molecule has 0 unspecified atom stereocenters. The number of hydrogen-bond donors (Lipinski definition) is 1. The molecule has 6 heteroatoms. The van der Waals surface area contributed by atoms with Gasteiger partial charge in [0.1, 0.15) is 12.2 Å². The third kappa shape index (κ3) is 7.15. The van der Waals surface area contributed by atoms with Crippen LogP contribution in [0.2, 0.25) is 0 Å². The molecule has 128 valence electrons. The van der Waals surface area contributed by atoms with Crippen molar-refractivity contribution in [3.05, 3.63) is 35.9 Å². The van der Waals surface area contributed by atoms with Crippen molar-refractivity contribution < 1.29 is 24.2 Å². The van der Waals surface area contributed by atoms with Crippen LogP contribution < -0.4 is 0 Å². The van der Waals surface area contributed by atoms with Gasteiger partial charge in [0.15, 0.2) is 0 Å². The smallest absolute Gasteiger partial charge is 0.410 e. The Morgan fingerprint density at radius 1 is 1.22 bits per heavy atom. The molecule has 0 saturated heterocycles. The molecule has 1 atom stereocenters. The average molecular weight is 323 g/mol. The summed E-state index contributed by atoms with van der Waals surface area (Å²) in [6.07, 6.45) is -0.693. The lowest BCUT2D eigenvalue weighted by Gasteiger charge is -2.27. The number of hydrogen-bond acceptors (Lipinski definition) is 5. The maximum atomic E-state index is 12.0. The first-order chi connectivity index (χ1) is 10.7. The first kappa shape index (κ1) is 19.0. The molecule has 0 heterocycles. The number of carbonyl (C=O) groups is 2. The van der Waals surface area contributed by atoms with Crippen LogP contribution in [0.5, 0.6) is 0 Å². The van der Waals surface area contributed by atoms with Gasteiger partial charge in [0.05, 0.1) is 19.1 Å². The molecule has 1 aromatic rings. The number of esters is 1. The van der Waals surface area contributed by atoms with Crippen molar-refractivity contribution in [2.45, 2.75) is 45.4 Å². The van der Waals surface area contributed by atoms with Crippen LogP contribution in [0.1, 0.15) is 32.8 Å². The third-order valence-electron chi connectivity index (χ3n) is 3.07. The van der Waals surface area contributed by atoms with Gasteiger partial charge in [0.25, 0.3) is 0 Å². The summed E-state index contributed by atoms with van der Waals surface area (Å²) in [5, 5.41) is 9.42. The van der Waals surface area contributed by atoms with E-state index in [-0.39, 0.29) is 19.6 Å². The lowest BCUT2D eigenvalue weighted by Crippen LogP contribution is -2.42. The highest BCUT2D eigenvalue weighted by Crippen LogP contribution is 2.12. The Hall–Kier alpha value is -2.08. The van der Waals surface area contributed by atoms with E-state index in [1.54, 1.807) is 20.8 Å². The van der Waals surface area contributed by atoms with Crippen LogP contribution in [-0.4, -0.2) is 47.4 Å². The first-order valence-corrected chi connectivity index (χ1v) is 7.49. The number of carbonyl (C=O) groups excluding carboxylic acids is 2. The largest absolute Gasteiger partial charge is 0.460 e. The Morgan fingerprint density at radius 2 is 1.83 bits per heavy atom. The zero-order valence-corrected chi connectivity index (χ0v) is 14.1. The summed E-state index contributed by atoms with van der Waals surface area (Å²) in [5.74, 6) is -0.473. The number of ether oxygens (including phenoxy) is 2. The van der Waals surface area contributed by atoms with E-state index in [0.717, 1.165) is 5.56 Å². The highest BCUT2D eigenvalue weighted by atomic mass is 16.6. The molecule has 1 aromatic carbocycles. The molecular formula is C17H25NO5. The second-order valence-electron chi connectivity index (χ2n) is 6.28. The molecule has 0 bridgehead atoms. The summed E-state index contributed by atoms with van der Waals surface area (Å²) < 4.78 is 10.4. The van der Waals surface area contributed by atoms with Gasteiger partial charge in [-0.3, -0.25) is 4.79 Å². The third-order valence-corrected chi connectivity index (χ3v) is 3.07. The van der Waals surface area contributed by atoms with E-state index in [1.807, 2.05) is 30.3 Å². The fourth-order valence-electron chi connectivity index (χ4n) is 1.87. The topological polar surface area (TPSA) is 76.1 Å². The van der Waals surface area contributed by atoms with Crippen molar-refractivity contribution in [1.82, 2.24) is 4.90 Å². The SMILES string of the molecule is CN(C(=O)OCc1ccccc1)[C@H](CO)CC(=O)OC(C)(C)C. The maximum Gasteiger partial charge on any atom is 0.410 e. The first-order valence-electron chi connectivity index (χ1n) is 7.49. The van der Waals surface area contributed by atoms with Gasteiger partial charge in [-0.05, 0) is 26.3 Å². The minimum atomic E-state index is -0.687. The van der Waals surface area contributed by atoms with E-state index in [2.05, 4.69) is 0 Å². The number of aliphatic hydroxyl groups is 1. The monoisotopic (exact) mass is 323 g/mol. The average Bonchev–Trinajstić information content (AvgIpc) is 2.48. The molecule has 23 heavy (non-hydrogen) atoms. The summed E-state index contributed by atoms with van der Waals surface area (Å²) >= 11 is 0. The van der Waals surface area contributed by atoms with E-state index in [4.69, 9.17) is 9.47 Å². The number of likely N-dealkylation sites (N-methyl/N-ethyl adjacent to an activating group) is 1. The van der Waals surface area contributed by atoms with Crippen LogP contribution in [0.15, 0.2) is 30.3 Å². The molecule has 0 aliphatic heterocycles. The number of aliphatic hydroxyl groups excluding tert-OH is 1. The Labute approximate surface area is 137 Å². The lowest BCUT2D eigenvalue weighted by atomic mass is 10.1. The highest BCUT2D eigenvalue weighted by molar-refractivity contribution is 5.73. The van der Waals surface area contributed by atoms with Gasteiger partial charge in [-0.15, -0.1) is 0 Å². The van der Waals surface area contributed by atoms with Crippen LogP contribution >= 0.6 is 0 Å². The summed E-state index contributed by atoms with van der Waals surface area (Å²) in [7, 11) is 1.48. The van der Waals surface area contributed by atoms with E-state index >= 15 is 0 Å². The standard InChI is InChI=1S/C17H25NO5/c1-17(2,3)23-15(20)10-14(11-19)18(4)16(21)22-12-13-8-6-5-7-9-13/h5-9,14,19H,10-12H2,1-4H3/t14-/m0/s1. The predicted octanol–water partition coefficient (Wildman–Crippen LogP) is 2.35. The Balaban J connectivity index is 2.52. The minimum absolute atomic E-state index is 0.0926. The van der Waals surface area contributed by atoms with Crippen LogP contribution in [0, 0.1) is 0 Å². The normalized spacial score (nSPS) is 12.4. The molecule has 0 radical (unpaired) electrons. The summed E-state index contributed by atoms with van der Waals surface area (Å²) in [5.41, 5.74) is 0.255. The van der Waals surface area contributed by atoms with E-state index < -0.39 is 23.7 Å². The second-order valence-corrected chi connectivity index (χ2v) is 6.28. The fraction of sp³-hybridized carbons (Fsp3) is 0.529. The zero-order valence-electron chi connectivity index (χ0n) is 14.1. The number of rotatable bonds is 6. The molecule has 0 aromatic heterocycles. The molecule has 0 spiro atoms. The van der Waals surface area contributed by atoms with E-state index in [1.165, 1.54) is 11.9 Å². The minimum Gasteiger partial charge on any atom is -0.460 e. The van der Waals surface area contributed by atoms with Crippen LogP contribution in [-0.2, 0) is 20.9 Å². The van der Waals surface area contributed by atoms with Gasteiger partial charge in [0, 0.05) is 7.05 Å². The zero-order chi connectivity index (χ0) is 17.5. The summed E-state index contributed by atoms with van der Waals surface area (Å²) in [4.78, 5) is 25.1. The van der Waals surface area contributed by atoms with E-state index in [9.17, 15) is 14.7 Å². The van der Waals surface area contributed by atoms with Crippen molar-refractivity contribution >= 4 is 12.1 Å². The van der Waals surface area contributed by atoms with Gasteiger partial charge in [-0.2, -0.15) is 0 Å². The molecule has 1 N–H and O–H groups in total. The molecule has 0 aliphatic carbocycles. The Kier molecular flexibility index (Phi) is 7.03. The molecule has 0 aliphatic rings.